The van der Waals surface area contributed by atoms with Crippen LogP contribution in [0.3, 0.4) is 0 Å². The fourth-order valence-corrected chi connectivity index (χ4v) is 1.62. The van der Waals surface area contributed by atoms with Gasteiger partial charge in [-0.2, -0.15) is 11.0 Å². The molecular formula is C22H56Cl2N10O11. The number of nitrogens with one attached hydrogen (secondary N) is 7. The molecule has 0 saturated heterocycles. The van der Waals surface area contributed by atoms with E-state index in [9.17, 15) is 14.4 Å². The summed E-state index contributed by atoms with van der Waals surface area (Å²) in [6, 6.07) is 0.0124. The van der Waals surface area contributed by atoms with Crippen molar-refractivity contribution in [3.05, 3.63) is 0 Å². The smallest absolute Gasteiger partial charge is 0.407 e. The lowest BCUT2D eigenvalue weighted by molar-refractivity contribution is -0.119. The molecular weight excluding hydrogens is 651 g/mol. The van der Waals surface area contributed by atoms with Crippen LogP contribution in [0, 0.1) is 0 Å². The summed E-state index contributed by atoms with van der Waals surface area (Å²) in [5.41, 5.74) is 20.2. The third-order valence-corrected chi connectivity index (χ3v) is 3.48. The van der Waals surface area contributed by atoms with Gasteiger partial charge in [0.25, 0.3) is 0 Å². The molecule has 0 aromatic rings. The van der Waals surface area contributed by atoms with E-state index in [0.717, 1.165) is 0 Å². The van der Waals surface area contributed by atoms with E-state index in [0.29, 0.717) is 66.6 Å². The lowest BCUT2D eigenvalue weighted by Crippen LogP contribution is -2.31. The maximum atomic E-state index is 10.1. The van der Waals surface area contributed by atoms with Gasteiger partial charge in [0.2, 0.25) is 11.1 Å². The molecule has 13 N–H and O–H groups in total. The first-order valence-corrected chi connectivity index (χ1v) is 14.0. The quantitative estimate of drug-likeness (QED) is 0.0155. The number of alkyl halides is 1. The van der Waals surface area contributed by atoms with E-state index in [-0.39, 0.29) is 32.0 Å². The Morgan fingerprint density at radius 1 is 0.733 bits per heavy atom. The number of carbonyl (C=O) groups excluding carboxylic acids is 3. The van der Waals surface area contributed by atoms with E-state index in [1.807, 2.05) is 0 Å². The Kier molecular flexibility index (Phi) is 64.5. The number of alkyl carbamates (subject to hydrolysis) is 1. The summed E-state index contributed by atoms with van der Waals surface area (Å²) >= 11 is 9.85. The van der Waals surface area contributed by atoms with Crippen molar-refractivity contribution in [1.82, 2.24) is 37.5 Å². The maximum Gasteiger partial charge on any atom is 0.407 e. The van der Waals surface area contributed by atoms with Crippen LogP contribution in [0.5, 0.6) is 0 Å². The molecule has 0 bridgehead atoms. The average Bonchev–Trinajstić information content (AvgIpc) is 3.03. The number of amides is 2. The zero-order valence-corrected chi connectivity index (χ0v) is 28.4. The highest BCUT2D eigenvalue weighted by Crippen LogP contribution is 1.83. The van der Waals surface area contributed by atoms with Gasteiger partial charge in [-0.1, -0.05) is 11.6 Å². The lowest BCUT2D eigenvalue weighted by atomic mass is 10.7. The van der Waals surface area contributed by atoms with E-state index in [2.05, 4.69) is 51.8 Å². The summed E-state index contributed by atoms with van der Waals surface area (Å²) in [5, 5.41) is 12.7. The van der Waals surface area contributed by atoms with Gasteiger partial charge in [0.1, 0.15) is 12.7 Å². The van der Waals surface area contributed by atoms with E-state index in [4.69, 9.17) is 64.3 Å². The zero-order valence-electron chi connectivity index (χ0n) is 26.9. The molecule has 0 spiro atoms. The van der Waals surface area contributed by atoms with Crippen molar-refractivity contribution < 1.29 is 52.5 Å². The van der Waals surface area contributed by atoms with Crippen molar-refractivity contribution >= 4 is 40.4 Å². The van der Waals surface area contributed by atoms with Crippen LogP contribution in [-0.4, -0.2) is 138 Å². The number of hydrogen-bond acceptors (Lipinski definition) is 19. The molecule has 0 atom stereocenters. The molecule has 274 valence electrons. The summed E-state index contributed by atoms with van der Waals surface area (Å²) < 4.78 is 28.1. The SMILES string of the molecule is CNCNC(C)=O.COC(=O)NCN.COCCOCNCNOCOC.NCNCOCCONCN.O=C(Cl)COCCl. The molecule has 21 nitrogen and oxygen atoms in total. The van der Waals surface area contributed by atoms with Crippen molar-refractivity contribution in [1.29, 1.82) is 0 Å². The highest BCUT2D eigenvalue weighted by molar-refractivity contribution is 6.63. The predicted molar refractivity (Wildman–Crippen MR) is 168 cm³/mol. The van der Waals surface area contributed by atoms with Gasteiger partial charge in [0.05, 0.1) is 73.7 Å². The fourth-order valence-electron chi connectivity index (χ4n) is 1.46. The summed E-state index contributed by atoms with van der Waals surface area (Å²) in [6.45, 7) is 6.60. The first-order valence-electron chi connectivity index (χ1n) is 13.1. The fraction of sp³-hybridized carbons (Fsp3) is 0.864. The Bertz CT molecular complexity index is 550. The van der Waals surface area contributed by atoms with Gasteiger partial charge in [-0.05, 0) is 18.6 Å². The number of nitrogens with two attached hydrogens (primary N) is 3. The summed E-state index contributed by atoms with van der Waals surface area (Å²) in [5.74, 6) is -0.00523. The Labute approximate surface area is 275 Å². The van der Waals surface area contributed by atoms with Gasteiger partial charge in [-0.3, -0.25) is 29.9 Å². The molecule has 0 fully saturated rings. The van der Waals surface area contributed by atoms with E-state index >= 15 is 0 Å². The molecule has 0 aromatic heterocycles. The second kappa shape index (κ2) is 54.8. The molecule has 0 saturated carbocycles. The molecule has 0 rings (SSSR count). The highest BCUT2D eigenvalue weighted by atomic mass is 35.5. The number of hydroxylamine groups is 2. The molecule has 0 aliphatic rings. The predicted octanol–water partition coefficient (Wildman–Crippen LogP) is -3.29. The van der Waals surface area contributed by atoms with Gasteiger partial charge < -0.3 is 61.6 Å². The van der Waals surface area contributed by atoms with Crippen LogP contribution in [0.2, 0.25) is 0 Å². The van der Waals surface area contributed by atoms with E-state index in [1.54, 1.807) is 21.3 Å². The molecule has 0 heterocycles. The number of hydrogen-bond donors (Lipinski definition) is 10. The molecule has 0 unspecified atom stereocenters. The van der Waals surface area contributed by atoms with Crippen molar-refractivity contribution in [3.63, 3.8) is 0 Å². The lowest BCUT2D eigenvalue weighted by Gasteiger charge is -2.07. The Balaban J connectivity index is -0.000000152. The topological polar surface area (TPSA) is 287 Å². The van der Waals surface area contributed by atoms with E-state index < -0.39 is 11.3 Å². The molecule has 23 heteroatoms. The average molecular weight is 708 g/mol. The van der Waals surface area contributed by atoms with Crippen LogP contribution >= 0.6 is 23.2 Å². The first kappa shape index (κ1) is 52.9. The molecule has 0 aliphatic heterocycles. The Morgan fingerprint density at radius 3 is 1.78 bits per heavy atom. The number of carbonyl (C=O) groups is 3. The van der Waals surface area contributed by atoms with Crippen LogP contribution in [0.4, 0.5) is 4.79 Å². The van der Waals surface area contributed by atoms with Gasteiger partial charge >= 0.3 is 6.09 Å². The molecule has 0 aromatic carbocycles. The van der Waals surface area contributed by atoms with Crippen LogP contribution < -0.4 is 54.7 Å². The van der Waals surface area contributed by atoms with Crippen molar-refractivity contribution in [3.8, 4) is 0 Å². The minimum absolute atomic E-state index is 0.00523. The zero-order chi connectivity index (χ0) is 35.2. The van der Waals surface area contributed by atoms with Crippen LogP contribution in [0.25, 0.3) is 0 Å². The number of rotatable bonds is 24. The first-order chi connectivity index (χ1) is 21.7. The van der Waals surface area contributed by atoms with Crippen molar-refractivity contribution in [2.24, 2.45) is 17.2 Å². The molecule has 0 aliphatic carbocycles. The highest BCUT2D eigenvalue weighted by Gasteiger charge is 1.91. The summed E-state index contributed by atoms with van der Waals surface area (Å²) in [4.78, 5) is 39.4. The van der Waals surface area contributed by atoms with Crippen molar-refractivity contribution in [2.75, 3.05) is 121 Å². The van der Waals surface area contributed by atoms with Gasteiger partial charge in [0, 0.05) is 27.8 Å². The summed E-state index contributed by atoms with van der Waals surface area (Å²) in [6.07, 6.45) is -0.498. The Hall–Kier alpha value is -1.61. The normalized spacial score (nSPS) is 9.47. The largest absolute Gasteiger partial charge is 0.453 e. The third-order valence-electron chi connectivity index (χ3n) is 3.21. The number of methoxy groups -OCH3 is 3. The minimum Gasteiger partial charge on any atom is -0.453 e. The van der Waals surface area contributed by atoms with Gasteiger partial charge in [-0.25, -0.2) is 4.79 Å². The third kappa shape index (κ3) is 80.1. The minimum atomic E-state index is -0.527. The standard InChI is InChI=1S/C7H18N2O4.C5H16N4O2.C4H10N2O.C3H4Cl2O2.C3H8N2O2/c1-10-3-4-12-6-8-5-9-13-7-11-2;6-3-8-5-10-1-2-11-9-4-7;1-4(7)6-3-5-2;4-2-7-1-3(5)6;1-7-3(6)5-2-4/h8-9H,3-7H2,1-2H3;8-9H,1-7H2;5H,3H2,1-2H3,(H,6,7);1-2H2;2,4H2,1H3,(H,5,6). The Morgan fingerprint density at radius 2 is 1.38 bits per heavy atom. The van der Waals surface area contributed by atoms with Crippen molar-refractivity contribution in [2.45, 2.75) is 6.92 Å². The van der Waals surface area contributed by atoms with Crippen LogP contribution in [0.1, 0.15) is 6.92 Å². The maximum absolute atomic E-state index is 10.1. The monoisotopic (exact) mass is 706 g/mol. The van der Waals surface area contributed by atoms with E-state index in [1.165, 1.54) is 14.0 Å². The van der Waals surface area contributed by atoms with Gasteiger partial charge in [0.15, 0.2) is 6.79 Å². The number of halogens is 2. The van der Waals surface area contributed by atoms with Crippen LogP contribution in [-0.2, 0) is 47.7 Å². The second-order valence-corrected chi connectivity index (χ2v) is 7.46. The van der Waals surface area contributed by atoms with Gasteiger partial charge in [-0.15, -0.1) is 0 Å². The molecule has 45 heavy (non-hydrogen) atoms. The number of ether oxygens (including phenoxy) is 6. The summed E-state index contributed by atoms with van der Waals surface area (Å²) in [7, 11) is 6.25. The second-order valence-electron chi connectivity index (χ2n) is 6.82. The van der Waals surface area contributed by atoms with Crippen LogP contribution in [0.15, 0.2) is 0 Å². The molecule has 0 radical (unpaired) electrons. The molecule has 2 amide bonds.